The Kier molecular flexibility index (Phi) is 8.13. The smallest absolute Gasteiger partial charge is 0.335 e. The molecule has 1 N–H and O–H groups in total. The molecule has 0 amide bonds. The van der Waals surface area contributed by atoms with Crippen LogP contribution in [0.5, 0.6) is 0 Å². The van der Waals surface area contributed by atoms with Crippen LogP contribution in [-0.4, -0.2) is 44.4 Å². The van der Waals surface area contributed by atoms with Crippen LogP contribution in [0, 0.1) is 0 Å². The lowest BCUT2D eigenvalue weighted by atomic mass is 10.8. The molecule has 0 aromatic heterocycles. The minimum Gasteiger partial charge on any atom is -0.481 e. The zero-order valence-corrected chi connectivity index (χ0v) is 11.4. The largest absolute Gasteiger partial charge is 0.481 e. The molecular weight excluding hydrogens is 232 g/mol. The van der Waals surface area contributed by atoms with E-state index in [1.54, 1.807) is 0 Å². The number of rotatable bonds is 9. The van der Waals surface area contributed by atoms with Crippen LogP contribution < -0.4 is 0 Å². The topological polar surface area (TPSA) is 55.8 Å². The van der Waals surface area contributed by atoms with Crippen LogP contribution in [0.2, 0.25) is 12.6 Å². The molecule has 0 radical (unpaired) electrons. The van der Waals surface area contributed by atoms with Gasteiger partial charge in [0.1, 0.15) is 0 Å². The van der Waals surface area contributed by atoms with Crippen molar-refractivity contribution in [2.45, 2.75) is 26.4 Å². The second-order valence-electron chi connectivity index (χ2n) is 3.20. The Morgan fingerprint density at radius 2 is 1.87 bits per heavy atom. The number of hydrogen-bond donors (Lipinski definition) is 1. The van der Waals surface area contributed by atoms with E-state index in [0.717, 1.165) is 11.8 Å². The van der Waals surface area contributed by atoms with Crippen molar-refractivity contribution in [3.63, 3.8) is 0 Å². The van der Waals surface area contributed by atoms with Gasteiger partial charge in [0.2, 0.25) is 0 Å². The maximum absolute atomic E-state index is 10.3. The highest BCUT2D eigenvalue weighted by Crippen LogP contribution is 2.17. The van der Waals surface area contributed by atoms with Crippen LogP contribution in [0.3, 0.4) is 0 Å². The van der Waals surface area contributed by atoms with Crippen molar-refractivity contribution in [3.8, 4) is 0 Å². The average Bonchev–Trinajstić information content (AvgIpc) is 2.13. The van der Waals surface area contributed by atoms with E-state index in [0.29, 0.717) is 13.2 Å². The number of hydrogen-bond acceptors (Lipinski definition) is 4. The molecule has 6 heteroatoms. The van der Waals surface area contributed by atoms with Crippen molar-refractivity contribution >= 4 is 26.3 Å². The summed E-state index contributed by atoms with van der Waals surface area (Å²) in [6.45, 7) is 7.25. The summed E-state index contributed by atoms with van der Waals surface area (Å²) >= 11 is 1.42. The number of carbonyl (C=O) groups is 1. The Labute approximate surface area is 96.6 Å². The van der Waals surface area contributed by atoms with Gasteiger partial charge in [0, 0.05) is 13.2 Å². The highest BCUT2D eigenvalue weighted by atomic mass is 32.2. The van der Waals surface area contributed by atoms with E-state index in [2.05, 4.69) is 0 Å². The normalized spacial score (nSPS) is 11.7. The van der Waals surface area contributed by atoms with Gasteiger partial charge in [0.05, 0.1) is 5.75 Å². The summed E-state index contributed by atoms with van der Waals surface area (Å²) in [6, 6.07) is 0.840. The first-order valence-corrected chi connectivity index (χ1v) is 8.79. The van der Waals surface area contributed by atoms with E-state index < -0.39 is 14.5 Å². The maximum Gasteiger partial charge on any atom is 0.335 e. The van der Waals surface area contributed by atoms with Crippen molar-refractivity contribution in [1.82, 2.24) is 0 Å². The van der Waals surface area contributed by atoms with Gasteiger partial charge in [-0.3, -0.25) is 4.79 Å². The van der Waals surface area contributed by atoms with Gasteiger partial charge in [-0.1, -0.05) is 0 Å². The van der Waals surface area contributed by atoms with E-state index in [1.807, 2.05) is 20.4 Å². The molecule has 0 atom stereocenters. The van der Waals surface area contributed by atoms with Crippen LogP contribution in [0.1, 0.15) is 13.8 Å². The summed E-state index contributed by atoms with van der Waals surface area (Å²) in [6.07, 6.45) is 0. The second-order valence-corrected chi connectivity index (χ2v) is 7.65. The zero-order valence-electron chi connectivity index (χ0n) is 9.62. The van der Waals surface area contributed by atoms with Crippen LogP contribution in [0.15, 0.2) is 0 Å². The molecule has 0 aromatic carbocycles. The minimum atomic E-state index is -2.04. The lowest BCUT2D eigenvalue weighted by Crippen LogP contribution is -2.39. The summed E-state index contributed by atoms with van der Waals surface area (Å²) in [5.41, 5.74) is 0. The third-order valence-electron chi connectivity index (χ3n) is 1.83. The molecule has 0 bridgehead atoms. The Balaban J connectivity index is 3.79. The quantitative estimate of drug-likeness (QED) is 0.502. The van der Waals surface area contributed by atoms with E-state index >= 15 is 0 Å². The fourth-order valence-corrected chi connectivity index (χ4v) is 5.19. The van der Waals surface area contributed by atoms with Crippen LogP contribution in [-0.2, 0) is 13.6 Å². The van der Waals surface area contributed by atoms with Crippen LogP contribution in [0.4, 0.5) is 0 Å². The van der Waals surface area contributed by atoms with Gasteiger partial charge in [-0.05, 0) is 32.2 Å². The SMILES string of the molecule is CCO[Si](C)(CCSCC(=O)O)OCC. The lowest BCUT2D eigenvalue weighted by Gasteiger charge is -2.25. The van der Waals surface area contributed by atoms with Crippen molar-refractivity contribution in [2.24, 2.45) is 0 Å². The van der Waals surface area contributed by atoms with E-state index in [1.165, 1.54) is 11.8 Å². The Morgan fingerprint density at radius 3 is 2.27 bits per heavy atom. The van der Waals surface area contributed by atoms with Gasteiger partial charge in [-0.2, -0.15) is 11.8 Å². The van der Waals surface area contributed by atoms with Gasteiger partial charge >= 0.3 is 14.5 Å². The molecule has 0 saturated heterocycles. The van der Waals surface area contributed by atoms with Gasteiger partial charge in [-0.25, -0.2) is 0 Å². The molecule has 0 unspecified atom stereocenters. The summed E-state index contributed by atoms with van der Waals surface area (Å²) < 4.78 is 11.3. The summed E-state index contributed by atoms with van der Waals surface area (Å²) in [4.78, 5) is 10.3. The Hall–Kier alpha value is -0.0431. The number of thioether (sulfide) groups is 1. The third-order valence-corrected chi connectivity index (χ3v) is 6.09. The number of aliphatic carboxylic acids is 1. The first-order chi connectivity index (χ1) is 7.04. The fourth-order valence-electron chi connectivity index (χ4n) is 1.21. The summed E-state index contributed by atoms with van der Waals surface area (Å²) in [5.74, 6) is 0.175. The molecule has 0 saturated carbocycles. The van der Waals surface area contributed by atoms with Crippen molar-refractivity contribution in [3.05, 3.63) is 0 Å². The van der Waals surface area contributed by atoms with E-state index in [9.17, 15) is 4.79 Å². The maximum atomic E-state index is 10.3. The molecule has 0 fully saturated rings. The molecule has 0 aliphatic rings. The predicted octanol–water partition coefficient (Wildman–Crippen LogP) is 1.95. The molecule has 4 nitrogen and oxygen atoms in total. The van der Waals surface area contributed by atoms with E-state index in [4.69, 9.17) is 14.0 Å². The highest BCUT2D eigenvalue weighted by Gasteiger charge is 2.29. The monoisotopic (exact) mass is 252 g/mol. The van der Waals surface area contributed by atoms with Crippen molar-refractivity contribution in [1.29, 1.82) is 0 Å². The highest BCUT2D eigenvalue weighted by molar-refractivity contribution is 8.00. The molecule has 0 aromatic rings. The number of carboxylic acid groups (broad SMARTS) is 1. The first kappa shape index (κ1) is 15.0. The molecule has 0 rings (SSSR count). The van der Waals surface area contributed by atoms with E-state index in [-0.39, 0.29) is 5.75 Å². The van der Waals surface area contributed by atoms with Gasteiger partial charge < -0.3 is 14.0 Å². The summed E-state index contributed by atoms with van der Waals surface area (Å²) in [5, 5.41) is 8.48. The van der Waals surface area contributed by atoms with Gasteiger partial charge in [0.15, 0.2) is 0 Å². The van der Waals surface area contributed by atoms with Crippen LogP contribution >= 0.6 is 11.8 Å². The molecule has 0 spiro atoms. The minimum absolute atomic E-state index is 0.155. The number of carboxylic acids is 1. The fraction of sp³-hybridized carbons (Fsp3) is 0.889. The van der Waals surface area contributed by atoms with Crippen molar-refractivity contribution in [2.75, 3.05) is 24.7 Å². The molecule has 0 aliphatic heterocycles. The Bertz CT molecular complexity index is 183. The molecule has 0 aliphatic carbocycles. The molecular formula is C9H20O4SSi. The van der Waals surface area contributed by atoms with Crippen molar-refractivity contribution < 1.29 is 18.8 Å². The molecule has 0 heterocycles. The lowest BCUT2D eigenvalue weighted by molar-refractivity contribution is -0.133. The molecule has 90 valence electrons. The summed E-state index contributed by atoms with van der Waals surface area (Å²) in [7, 11) is -2.04. The van der Waals surface area contributed by atoms with Crippen LogP contribution in [0.25, 0.3) is 0 Å². The average molecular weight is 252 g/mol. The molecule has 15 heavy (non-hydrogen) atoms. The van der Waals surface area contributed by atoms with Gasteiger partial charge in [0.25, 0.3) is 0 Å². The second kappa shape index (κ2) is 8.15. The Morgan fingerprint density at radius 1 is 1.33 bits per heavy atom. The first-order valence-electron chi connectivity index (χ1n) is 5.11. The zero-order chi connectivity index (χ0) is 11.7. The predicted molar refractivity (Wildman–Crippen MR) is 64.6 cm³/mol. The standard InChI is InChI=1S/C9H20O4SSi/c1-4-12-15(3,13-5-2)7-6-14-8-9(10)11/h4-8H2,1-3H3,(H,10,11). The van der Waals surface area contributed by atoms with Gasteiger partial charge in [-0.15, -0.1) is 0 Å². The third kappa shape index (κ3) is 7.84.